The molecule has 2 saturated heterocycles. The lowest BCUT2D eigenvalue weighted by atomic mass is 9.80. The fourth-order valence-corrected chi connectivity index (χ4v) is 3.97. The third-order valence-electron chi connectivity index (χ3n) is 5.81. The van der Waals surface area contributed by atoms with Crippen LogP contribution in [0.3, 0.4) is 0 Å². The van der Waals surface area contributed by atoms with Gasteiger partial charge < -0.3 is 15.0 Å². The molecule has 1 spiro atoms. The van der Waals surface area contributed by atoms with Crippen molar-refractivity contribution < 1.29 is 9.53 Å². The van der Waals surface area contributed by atoms with Gasteiger partial charge in [0.05, 0.1) is 23.0 Å². The second-order valence-electron chi connectivity index (χ2n) is 8.23. The molecule has 0 aliphatic carbocycles. The van der Waals surface area contributed by atoms with Crippen molar-refractivity contribution in [2.75, 3.05) is 31.6 Å². The summed E-state index contributed by atoms with van der Waals surface area (Å²) in [5.74, 6) is 0.456. The van der Waals surface area contributed by atoms with Gasteiger partial charge in [0.2, 0.25) is 5.95 Å². The van der Waals surface area contributed by atoms with Crippen molar-refractivity contribution in [1.82, 2.24) is 24.8 Å². The van der Waals surface area contributed by atoms with Gasteiger partial charge in [-0.3, -0.25) is 14.8 Å². The predicted molar refractivity (Wildman–Crippen MR) is 104 cm³/mol. The van der Waals surface area contributed by atoms with E-state index in [0.29, 0.717) is 11.5 Å². The molecule has 0 unspecified atom stereocenters. The molecule has 2 aliphatic heterocycles. The van der Waals surface area contributed by atoms with Crippen molar-refractivity contribution in [1.29, 1.82) is 0 Å². The highest BCUT2D eigenvalue weighted by Crippen LogP contribution is 2.40. The molecule has 1 N–H and O–H groups in total. The first kappa shape index (κ1) is 18.7. The van der Waals surface area contributed by atoms with E-state index in [0.717, 1.165) is 51.3 Å². The number of rotatable bonds is 4. The summed E-state index contributed by atoms with van der Waals surface area (Å²) in [5.41, 5.74) is 1.06. The van der Waals surface area contributed by atoms with Gasteiger partial charge in [-0.15, -0.1) is 0 Å². The fourth-order valence-electron chi connectivity index (χ4n) is 3.97. The lowest BCUT2D eigenvalue weighted by molar-refractivity contribution is 0.0191. The highest BCUT2D eigenvalue weighted by Gasteiger charge is 2.41. The number of hydrogen-bond donors (Lipinski definition) is 1. The Hall–Kier alpha value is -2.61. The second-order valence-corrected chi connectivity index (χ2v) is 8.23. The number of carbonyl (C=O) groups is 1. The summed E-state index contributed by atoms with van der Waals surface area (Å²) in [7, 11) is 0. The number of aromatic nitrogens is 4. The first-order chi connectivity index (χ1) is 13.5. The molecule has 4 heterocycles. The van der Waals surface area contributed by atoms with Crippen LogP contribution in [0.2, 0.25) is 0 Å². The molecule has 1 amide bonds. The molecular formula is C20H26N6O2. The van der Waals surface area contributed by atoms with Crippen LogP contribution in [0, 0.1) is 5.41 Å². The molecule has 2 aromatic heterocycles. The molecule has 2 aliphatic rings. The van der Waals surface area contributed by atoms with Crippen LogP contribution in [-0.4, -0.2) is 57.0 Å². The van der Waals surface area contributed by atoms with Crippen molar-refractivity contribution in [2.45, 2.75) is 38.6 Å². The van der Waals surface area contributed by atoms with E-state index in [9.17, 15) is 4.79 Å². The molecule has 28 heavy (non-hydrogen) atoms. The number of amides is 1. The molecular weight excluding hydrogens is 356 g/mol. The first-order valence-corrected chi connectivity index (χ1v) is 9.71. The summed E-state index contributed by atoms with van der Waals surface area (Å²) >= 11 is 0. The molecule has 148 valence electrons. The van der Waals surface area contributed by atoms with E-state index < -0.39 is 5.54 Å². The predicted octanol–water partition coefficient (Wildman–Crippen LogP) is 2.26. The zero-order chi connectivity index (χ0) is 19.6. The maximum Gasteiger partial charge on any atom is 0.257 e. The minimum Gasteiger partial charge on any atom is -0.381 e. The minimum atomic E-state index is -0.482. The highest BCUT2D eigenvalue weighted by atomic mass is 16.5. The smallest absolute Gasteiger partial charge is 0.257 e. The van der Waals surface area contributed by atoms with Crippen LogP contribution in [0.5, 0.6) is 0 Å². The quantitative estimate of drug-likeness (QED) is 0.867. The van der Waals surface area contributed by atoms with E-state index in [4.69, 9.17) is 4.74 Å². The standard InChI is InChI=1S/C20H26N6O2/c1-19(2,16-13-21-6-7-22-16)25-18-23-11-15(12-24-18)17(27)26-8-3-20(14-26)4-9-28-10-5-20/h6-7,11-13H,3-5,8-10,14H2,1-2H3,(H,23,24,25). The number of nitrogens with zero attached hydrogens (tertiary/aromatic N) is 5. The fraction of sp³-hybridized carbons (Fsp3) is 0.550. The Morgan fingerprint density at radius 3 is 2.54 bits per heavy atom. The van der Waals surface area contributed by atoms with Gasteiger partial charge in [0.15, 0.2) is 0 Å². The Bertz CT molecular complexity index is 818. The average molecular weight is 382 g/mol. The van der Waals surface area contributed by atoms with Crippen molar-refractivity contribution >= 4 is 11.9 Å². The number of carbonyl (C=O) groups excluding carboxylic acids is 1. The van der Waals surface area contributed by atoms with Crippen LogP contribution in [-0.2, 0) is 10.3 Å². The van der Waals surface area contributed by atoms with E-state index in [1.54, 1.807) is 31.0 Å². The Balaban J connectivity index is 1.41. The van der Waals surface area contributed by atoms with E-state index in [1.165, 1.54) is 0 Å². The SMILES string of the molecule is CC(C)(Nc1ncc(C(=O)N2CCC3(CCOCC3)C2)cn1)c1cnccn1. The summed E-state index contributed by atoms with van der Waals surface area (Å²) in [4.78, 5) is 31.9. The molecule has 4 rings (SSSR count). The van der Waals surface area contributed by atoms with Gasteiger partial charge in [-0.2, -0.15) is 0 Å². The number of likely N-dealkylation sites (tertiary alicyclic amines) is 1. The third kappa shape index (κ3) is 3.82. The number of ether oxygens (including phenoxy) is 1. The maximum absolute atomic E-state index is 12.9. The molecule has 0 atom stereocenters. The first-order valence-electron chi connectivity index (χ1n) is 9.71. The summed E-state index contributed by atoms with van der Waals surface area (Å²) in [5, 5.41) is 3.25. The minimum absolute atomic E-state index is 0.00287. The van der Waals surface area contributed by atoms with Gasteiger partial charge in [-0.05, 0) is 38.5 Å². The molecule has 8 heteroatoms. The zero-order valence-corrected chi connectivity index (χ0v) is 16.4. The summed E-state index contributed by atoms with van der Waals surface area (Å²) in [6.45, 7) is 7.15. The monoisotopic (exact) mass is 382 g/mol. The molecule has 0 aromatic carbocycles. The lowest BCUT2D eigenvalue weighted by Gasteiger charge is -2.33. The lowest BCUT2D eigenvalue weighted by Crippen LogP contribution is -2.35. The molecule has 8 nitrogen and oxygen atoms in total. The van der Waals surface area contributed by atoms with Crippen molar-refractivity contribution in [2.24, 2.45) is 5.41 Å². The van der Waals surface area contributed by atoms with Crippen molar-refractivity contribution in [3.8, 4) is 0 Å². The Morgan fingerprint density at radius 2 is 1.86 bits per heavy atom. The summed E-state index contributed by atoms with van der Waals surface area (Å²) < 4.78 is 5.48. The van der Waals surface area contributed by atoms with Crippen LogP contribution < -0.4 is 5.32 Å². The van der Waals surface area contributed by atoms with Crippen molar-refractivity contribution in [3.05, 3.63) is 42.2 Å². The molecule has 0 saturated carbocycles. The van der Waals surface area contributed by atoms with Gasteiger partial charge in [0.1, 0.15) is 0 Å². The molecule has 0 radical (unpaired) electrons. The molecule has 2 fully saturated rings. The zero-order valence-electron chi connectivity index (χ0n) is 16.4. The van der Waals surface area contributed by atoms with Crippen LogP contribution in [0.15, 0.2) is 31.0 Å². The topological polar surface area (TPSA) is 93.1 Å². The third-order valence-corrected chi connectivity index (χ3v) is 5.81. The largest absolute Gasteiger partial charge is 0.381 e. The van der Waals surface area contributed by atoms with E-state index >= 15 is 0 Å². The average Bonchev–Trinajstić information content (AvgIpc) is 3.12. The normalized spacial score (nSPS) is 19.0. The second kappa shape index (κ2) is 7.43. The van der Waals surface area contributed by atoms with Gasteiger partial charge in [-0.25, -0.2) is 9.97 Å². The van der Waals surface area contributed by atoms with Gasteiger partial charge in [-0.1, -0.05) is 0 Å². The summed E-state index contributed by atoms with van der Waals surface area (Å²) in [6.07, 6.45) is 11.3. The van der Waals surface area contributed by atoms with Crippen molar-refractivity contribution in [3.63, 3.8) is 0 Å². The van der Waals surface area contributed by atoms with Crippen LogP contribution in [0.4, 0.5) is 5.95 Å². The van der Waals surface area contributed by atoms with Crippen LogP contribution in [0.1, 0.15) is 49.2 Å². The van der Waals surface area contributed by atoms with Crippen LogP contribution in [0.25, 0.3) is 0 Å². The van der Waals surface area contributed by atoms with Gasteiger partial charge >= 0.3 is 0 Å². The summed E-state index contributed by atoms with van der Waals surface area (Å²) in [6, 6.07) is 0. The van der Waals surface area contributed by atoms with E-state index in [-0.39, 0.29) is 11.3 Å². The molecule has 2 aromatic rings. The number of nitrogens with one attached hydrogen (secondary N) is 1. The number of hydrogen-bond acceptors (Lipinski definition) is 7. The Kier molecular flexibility index (Phi) is 4.97. The van der Waals surface area contributed by atoms with Gasteiger partial charge in [0.25, 0.3) is 5.91 Å². The Labute approximate surface area is 164 Å². The van der Waals surface area contributed by atoms with Crippen LogP contribution >= 0.6 is 0 Å². The Morgan fingerprint density at radius 1 is 1.11 bits per heavy atom. The highest BCUT2D eigenvalue weighted by molar-refractivity contribution is 5.94. The molecule has 0 bridgehead atoms. The van der Waals surface area contributed by atoms with E-state index in [1.807, 2.05) is 18.7 Å². The number of anilines is 1. The van der Waals surface area contributed by atoms with Gasteiger partial charge in [0, 0.05) is 51.1 Å². The van der Waals surface area contributed by atoms with E-state index in [2.05, 4.69) is 25.3 Å². The maximum atomic E-state index is 12.9.